The number of carbonyl (C=O) groups is 1. The van der Waals surface area contributed by atoms with Crippen LogP contribution >= 0.6 is 23.4 Å². The second-order valence-corrected chi connectivity index (χ2v) is 6.99. The predicted molar refractivity (Wildman–Crippen MR) is 80.9 cm³/mol. The normalized spacial score (nSPS) is 20.2. The molecule has 1 saturated heterocycles. The van der Waals surface area contributed by atoms with Gasteiger partial charge in [-0.25, -0.2) is 0 Å². The van der Waals surface area contributed by atoms with Gasteiger partial charge in [-0.15, -0.1) is 0 Å². The molecule has 2 fully saturated rings. The van der Waals surface area contributed by atoms with Crippen LogP contribution in [0.5, 0.6) is 5.75 Å². The number of carboxylic acid groups (broad SMARTS) is 1. The molecule has 2 aliphatic rings. The van der Waals surface area contributed by atoms with Crippen LogP contribution in [0.25, 0.3) is 0 Å². The lowest BCUT2D eigenvalue weighted by atomic mass is 9.91. The van der Waals surface area contributed by atoms with Crippen molar-refractivity contribution in [2.45, 2.75) is 31.3 Å². The average molecular weight is 313 g/mol. The van der Waals surface area contributed by atoms with Gasteiger partial charge in [0.05, 0.1) is 11.4 Å². The van der Waals surface area contributed by atoms with Gasteiger partial charge in [-0.1, -0.05) is 17.7 Å². The SMILES string of the molecule is O=C(O)CC(c1ccc(OC2CSC2)c(Cl)c1)C1CC1. The Labute approximate surface area is 127 Å². The first-order chi connectivity index (χ1) is 9.63. The van der Waals surface area contributed by atoms with Crippen LogP contribution in [0.4, 0.5) is 0 Å². The molecule has 5 heteroatoms. The Kier molecular flexibility index (Phi) is 4.13. The summed E-state index contributed by atoms with van der Waals surface area (Å²) in [4.78, 5) is 11.0. The zero-order valence-electron chi connectivity index (χ0n) is 11.0. The van der Waals surface area contributed by atoms with Gasteiger partial charge in [-0.3, -0.25) is 4.79 Å². The number of benzene rings is 1. The van der Waals surface area contributed by atoms with Gasteiger partial charge in [-0.05, 0) is 42.4 Å². The molecule has 1 atom stereocenters. The van der Waals surface area contributed by atoms with Crippen molar-refractivity contribution in [2.75, 3.05) is 11.5 Å². The lowest BCUT2D eigenvalue weighted by molar-refractivity contribution is -0.137. The summed E-state index contributed by atoms with van der Waals surface area (Å²) in [5, 5.41) is 9.64. The van der Waals surface area contributed by atoms with E-state index in [0.29, 0.717) is 16.7 Å². The summed E-state index contributed by atoms with van der Waals surface area (Å²) in [6, 6.07) is 5.74. The van der Waals surface area contributed by atoms with E-state index in [2.05, 4.69) is 0 Å². The third-order valence-corrected chi connectivity index (χ3v) is 5.38. The van der Waals surface area contributed by atoms with Gasteiger partial charge < -0.3 is 9.84 Å². The second kappa shape index (κ2) is 5.86. The Morgan fingerprint density at radius 1 is 1.45 bits per heavy atom. The fourth-order valence-electron chi connectivity index (χ4n) is 2.55. The highest BCUT2D eigenvalue weighted by atomic mass is 35.5. The molecular formula is C15H17ClO3S. The van der Waals surface area contributed by atoms with Crippen LogP contribution in [-0.2, 0) is 4.79 Å². The van der Waals surface area contributed by atoms with Gasteiger partial charge >= 0.3 is 5.97 Å². The first kappa shape index (κ1) is 14.1. The van der Waals surface area contributed by atoms with Crippen LogP contribution in [0.15, 0.2) is 18.2 Å². The third kappa shape index (κ3) is 3.23. The van der Waals surface area contributed by atoms with Crippen molar-refractivity contribution in [3.05, 3.63) is 28.8 Å². The van der Waals surface area contributed by atoms with Crippen LogP contribution in [0, 0.1) is 5.92 Å². The molecule has 3 rings (SSSR count). The van der Waals surface area contributed by atoms with E-state index >= 15 is 0 Å². The van der Waals surface area contributed by atoms with Crippen molar-refractivity contribution in [3.8, 4) is 5.75 Å². The maximum absolute atomic E-state index is 11.0. The van der Waals surface area contributed by atoms with Crippen molar-refractivity contribution in [1.82, 2.24) is 0 Å². The predicted octanol–water partition coefficient (Wildman–Crippen LogP) is 3.80. The van der Waals surface area contributed by atoms with Crippen molar-refractivity contribution in [3.63, 3.8) is 0 Å². The number of hydrogen-bond donors (Lipinski definition) is 1. The lowest BCUT2D eigenvalue weighted by Crippen LogP contribution is -2.31. The van der Waals surface area contributed by atoms with Gasteiger partial charge in [0.15, 0.2) is 0 Å². The zero-order valence-corrected chi connectivity index (χ0v) is 12.6. The minimum Gasteiger partial charge on any atom is -0.487 e. The van der Waals surface area contributed by atoms with Crippen LogP contribution < -0.4 is 4.74 Å². The molecule has 0 spiro atoms. The monoisotopic (exact) mass is 312 g/mol. The number of thioether (sulfide) groups is 1. The zero-order chi connectivity index (χ0) is 14.1. The largest absolute Gasteiger partial charge is 0.487 e. The fraction of sp³-hybridized carbons (Fsp3) is 0.533. The van der Waals surface area contributed by atoms with Crippen LogP contribution in [0.3, 0.4) is 0 Å². The minimum absolute atomic E-state index is 0.0818. The number of aliphatic carboxylic acids is 1. The quantitative estimate of drug-likeness (QED) is 0.868. The summed E-state index contributed by atoms with van der Waals surface area (Å²) in [7, 11) is 0. The number of carboxylic acids is 1. The van der Waals surface area contributed by atoms with E-state index < -0.39 is 5.97 Å². The summed E-state index contributed by atoms with van der Waals surface area (Å²) < 4.78 is 5.80. The molecule has 1 aromatic rings. The Hall–Kier alpha value is -0.870. The highest BCUT2D eigenvalue weighted by molar-refractivity contribution is 8.00. The first-order valence-corrected chi connectivity index (χ1v) is 8.42. The maximum atomic E-state index is 11.0. The molecule has 0 bridgehead atoms. The third-order valence-electron chi connectivity index (χ3n) is 3.87. The van der Waals surface area contributed by atoms with E-state index in [-0.39, 0.29) is 18.4 Å². The maximum Gasteiger partial charge on any atom is 0.303 e. The standard InChI is InChI=1S/C15H17ClO3S/c16-13-5-10(12(6-15(17)18)9-1-2-9)3-4-14(13)19-11-7-20-8-11/h3-5,9,11-12H,1-2,6-8H2,(H,17,18). The van der Waals surface area contributed by atoms with E-state index in [0.717, 1.165) is 29.9 Å². The first-order valence-electron chi connectivity index (χ1n) is 6.89. The molecule has 1 aliphatic carbocycles. The van der Waals surface area contributed by atoms with E-state index in [9.17, 15) is 4.79 Å². The molecule has 1 heterocycles. The van der Waals surface area contributed by atoms with Crippen molar-refractivity contribution >= 4 is 29.3 Å². The smallest absolute Gasteiger partial charge is 0.303 e. The van der Waals surface area contributed by atoms with Gasteiger partial charge in [0, 0.05) is 11.5 Å². The Morgan fingerprint density at radius 2 is 2.20 bits per heavy atom. The van der Waals surface area contributed by atoms with Crippen molar-refractivity contribution in [2.24, 2.45) is 5.92 Å². The van der Waals surface area contributed by atoms with Gasteiger partial charge in [0.2, 0.25) is 0 Å². The summed E-state index contributed by atoms with van der Waals surface area (Å²) in [6.45, 7) is 0. The van der Waals surface area contributed by atoms with Crippen LogP contribution in [0.1, 0.15) is 30.7 Å². The van der Waals surface area contributed by atoms with Gasteiger partial charge in [0.1, 0.15) is 11.9 Å². The van der Waals surface area contributed by atoms with Gasteiger partial charge in [0.25, 0.3) is 0 Å². The summed E-state index contributed by atoms with van der Waals surface area (Å²) >= 11 is 8.14. The molecule has 1 aliphatic heterocycles. The van der Waals surface area contributed by atoms with Crippen LogP contribution in [-0.4, -0.2) is 28.7 Å². The molecular weight excluding hydrogens is 296 g/mol. The summed E-state index contributed by atoms with van der Waals surface area (Å²) in [5.41, 5.74) is 1.02. The number of rotatable bonds is 6. The molecule has 1 aromatic carbocycles. The fourth-order valence-corrected chi connectivity index (χ4v) is 3.35. The van der Waals surface area contributed by atoms with Crippen LogP contribution in [0.2, 0.25) is 5.02 Å². The van der Waals surface area contributed by atoms with Crippen molar-refractivity contribution < 1.29 is 14.6 Å². The van der Waals surface area contributed by atoms with E-state index in [4.69, 9.17) is 21.4 Å². The summed E-state index contributed by atoms with van der Waals surface area (Å²) in [5.74, 6) is 2.58. The summed E-state index contributed by atoms with van der Waals surface area (Å²) in [6.07, 6.45) is 2.68. The Balaban J connectivity index is 1.75. The van der Waals surface area contributed by atoms with E-state index in [1.807, 2.05) is 30.0 Å². The lowest BCUT2D eigenvalue weighted by Gasteiger charge is -2.26. The topological polar surface area (TPSA) is 46.5 Å². The average Bonchev–Trinajstić information content (AvgIpc) is 3.16. The highest BCUT2D eigenvalue weighted by Gasteiger charge is 2.34. The number of hydrogen-bond acceptors (Lipinski definition) is 3. The van der Waals surface area contributed by atoms with Crippen molar-refractivity contribution in [1.29, 1.82) is 0 Å². The Bertz CT molecular complexity index is 512. The van der Waals surface area contributed by atoms with E-state index in [1.165, 1.54) is 0 Å². The second-order valence-electron chi connectivity index (χ2n) is 5.51. The Morgan fingerprint density at radius 3 is 2.70 bits per heavy atom. The molecule has 0 aromatic heterocycles. The number of ether oxygens (including phenoxy) is 1. The minimum atomic E-state index is -0.746. The molecule has 1 saturated carbocycles. The number of halogens is 1. The molecule has 0 radical (unpaired) electrons. The van der Waals surface area contributed by atoms with E-state index in [1.54, 1.807) is 0 Å². The highest BCUT2D eigenvalue weighted by Crippen LogP contribution is 2.45. The molecule has 1 unspecified atom stereocenters. The molecule has 20 heavy (non-hydrogen) atoms. The van der Waals surface area contributed by atoms with Gasteiger partial charge in [-0.2, -0.15) is 11.8 Å². The molecule has 1 N–H and O–H groups in total. The molecule has 0 amide bonds. The molecule has 3 nitrogen and oxygen atoms in total. The molecule has 108 valence electrons.